The summed E-state index contributed by atoms with van der Waals surface area (Å²) in [6.07, 6.45) is -2.37. The Labute approximate surface area is 177 Å². The van der Waals surface area contributed by atoms with E-state index in [1.165, 1.54) is 30.5 Å². The van der Waals surface area contributed by atoms with Gasteiger partial charge in [0.15, 0.2) is 5.88 Å². The first-order valence-electron chi connectivity index (χ1n) is 10.1. The Balaban J connectivity index is 1.72. The van der Waals surface area contributed by atoms with Crippen molar-refractivity contribution in [2.24, 2.45) is 16.8 Å². The van der Waals surface area contributed by atoms with Crippen LogP contribution in [0.1, 0.15) is 31.4 Å². The van der Waals surface area contributed by atoms with Crippen molar-refractivity contribution in [3.05, 3.63) is 53.3 Å². The lowest BCUT2D eigenvalue weighted by atomic mass is 9.91. The molecule has 31 heavy (non-hydrogen) atoms. The molecule has 1 aromatic heterocycles. The van der Waals surface area contributed by atoms with E-state index in [1.54, 1.807) is 11.0 Å². The highest BCUT2D eigenvalue weighted by Gasteiger charge is 2.36. The monoisotopic (exact) mass is 433 g/mol. The molecule has 0 bridgehead atoms. The van der Waals surface area contributed by atoms with E-state index < -0.39 is 17.6 Å². The summed E-state index contributed by atoms with van der Waals surface area (Å²) in [5, 5.41) is 10.2. The van der Waals surface area contributed by atoms with Crippen molar-refractivity contribution < 1.29 is 22.7 Å². The highest BCUT2D eigenvalue weighted by atomic mass is 19.4. The van der Waals surface area contributed by atoms with Crippen LogP contribution in [0.5, 0.6) is 5.88 Å². The van der Waals surface area contributed by atoms with Gasteiger partial charge in [-0.1, -0.05) is 19.9 Å². The highest BCUT2D eigenvalue weighted by molar-refractivity contribution is 6.02. The Bertz CT molecular complexity index is 1130. The first-order valence-corrected chi connectivity index (χ1v) is 10.1. The number of H-pyrrole nitrogens is 1. The molecule has 4 rings (SSSR count). The van der Waals surface area contributed by atoms with Crippen molar-refractivity contribution in [1.29, 1.82) is 0 Å². The maximum Gasteiger partial charge on any atom is 0.418 e. The van der Waals surface area contributed by atoms with Gasteiger partial charge in [-0.25, -0.2) is 4.39 Å². The molecule has 1 aliphatic rings. The third kappa shape index (κ3) is 4.24. The molecule has 2 N–H and O–H groups in total. The summed E-state index contributed by atoms with van der Waals surface area (Å²) < 4.78 is 55.7. The van der Waals surface area contributed by atoms with Crippen LogP contribution in [0.15, 0.2) is 41.4 Å². The number of nitrogens with one attached hydrogen (secondary N) is 1. The number of rotatable bonds is 3. The van der Waals surface area contributed by atoms with Gasteiger partial charge in [0.25, 0.3) is 0 Å². The first-order chi connectivity index (χ1) is 14.6. The van der Waals surface area contributed by atoms with Crippen LogP contribution in [-0.4, -0.2) is 29.4 Å². The van der Waals surface area contributed by atoms with Gasteiger partial charge in [0.2, 0.25) is 0 Å². The van der Waals surface area contributed by atoms with Gasteiger partial charge in [-0.2, -0.15) is 13.2 Å². The fourth-order valence-corrected chi connectivity index (χ4v) is 4.45. The molecule has 1 aliphatic heterocycles. The van der Waals surface area contributed by atoms with E-state index in [9.17, 15) is 22.7 Å². The fourth-order valence-electron chi connectivity index (χ4n) is 4.45. The van der Waals surface area contributed by atoms with Gasteiger partial charge in [0.1, 0.15) is 5.82 Å². The molecule has 2 unspecified atom stereocenters. The normalized spacial score (nSPS) is 20.1. The molecule has 1 fully saturated rings. The SMILES string of the molecule is CC1CC(C)CN(c2ccc(N=Cc3c(O)[nH]c4cccc(F)c34)cc2C(F)(F)F)C1. The number of aromatic hydroxyl groups is 1. The number of aromatic amines is 1. The van der Waals surface area contributed by atoms with Crippen molar-refractivity contribution in [3.63, 3.8) is 0 Å². The average molecular weight is 433 g/mol. The third-order valence-electron chi connectivity index (χ3n) is 5.63. The van der Waals surface area contributed by atoms with Crippen molar-refractivity contribution in [2.75, 3.05) is 18.0 Å². The summed E-state index contributed by atoms with van der Waals surface area (Å²) in [4.78, 5) is 8.53. The molecule has 0 amide bonds. The Hall–Kier alpha value is -3.03. The molecule has 2 heterocycles. The molecule has 164 valence electrons. The van der Waals surface area contributed by atoms with Crippen molar-refractivity contribution >= 4 is 28.5 Å². The van der Waals surface area contributed by atoms with Gasteiger partial charge in [-0.15, -0.1) is 0 Å². The van der Waals surface area contributed by atoms with Crippen LogP contribution in [0.4, 0.5) is 28.9 Å². The van der Waals surface area contributed by atoms with Gasteiger partial charge in [0.05, 0.1) is 22.3 Å². The molecule has 4 nitrogen and oxygen atoms in total. The Morgan fingerprint density at radius 2 is 1.84 bits per heavy atom. The number of fused-ring (bicyclic) bond motifs is 1. The summed E-state index contributed by atoms with van der Waals surface area (Å²) in [5.41, 5.74) is -0.0779. The number of hydrogen-bond acceptors (Lipinski definition) is 3. The molecule has 0 aliphatic carbocycles. The zero-order valence-electron chi connectivity index (χ0n) is 17.2. The predicted molar refractivity (Wildman–Crippen MR) is 114 cm³/mol. The Kier molecular flexibility index (Phi) is 5.41. The Morgan fingerprint density at radius 3 is 2.52 bits per heavy atom. The number of halogens is 4. The minimum atomic E-state index is -4.54. The maximum atomic E-state index is 14.2. The number of benzene rings is 2. The van der Waals surface area contributed by atoms with Gasteiger partial charge in [-0.05, 0) is 48.6 Å². The van der Waals surface area contributed by atoms with Crippen molar-refractivity contribution in [1.82, 2.24) is 4.98 Å². The van der Waals surface area contributed by atoms with Crippen LogP contribution < -0.4 is 4.90 Å². The second-order valence-electron chi connectivity index (χ2n) is 8.36. The summed E-state index contributed by atoms with van der Waals surface area (Å²) >= 11 is 0. The number of nitrogens with zero attached hydrogens (tertiary/aromatic N) is 2. The summed E-state index contributed by atoms with van der Waals surface area (Å²) in [5.74, 6) is -0.243. The van der Waals surface area contributed by atoms with E-state index in [2.05, 4.69) is 9.98 Å². The summed E-state index contributed by atoms with van der Waals surface area (Å²) in [6.45, 7) is 5.22. The van der Waals surface area contributed by atoms with E-state index in [0.717, 1.165) is 12.5 Å². The molecule has 8 heteroatoms. The highest BCUT2D eigenvalue weighted by Crippen LogP contribution is 2.40. The van der Waals surface area contributed by atoms with E-state index in [1.807, 2.05) is 13.8 Å². The quantitative estimate of drug-likeness (QED) is 0.378. The van der Waals surface area contributed by atoms with Gasteiger partial charge in [0, 0.05) is 30.4 Å². The molecule has 2 aromatic carbocycles. The largest absolute Gasteiger partial charge is 0.494 e. The van der Waals surface area contributed by atoms with Crippen molar-refractivity contribution in [2.45, 2.75) is 26.4 Å². The molecule has 2 atom stereocenters. The molecule has 1 saturated heterocycles. The van der Waals surface area contributed by atoms with Crippen molar-refractivity contribution in [3.8, 4) is 5.88 Å². The van der Waals surface area contributed by atoms with Crippen LogP contribution in [0.2, 0.25) is 0 Å². The predicted octanol–water partition coefficient (Wildman–Crippen LogP) is 6.26. The minimum absolute atomic E-state index is 0.0688. The zero-order chi connectivity index (χ0) is 22.3. The number of aliphatic imine (C=N–C) groups is 1. The Morgan fingerprint density at radius 1 is 1.13 bits per heavy atom. The van der Waals surface area contributed by atoms with E-state index in [-0.39, 0.29) is 28.2 Å². The van der Waals surface area contributed by atoms with Crippen LogP contribution in [0.3, 0.4) is 0 Å². The smallest absolute Gasteiger partial charge is 0.418 e. The lowest BCUT2D eigenvalue weighted by Gasteiger charge is -2.37. The van der Waals surface area contributed by atoms with Gasteiger partial charge < -0.3 is 15.0 Å². The molecule has 3 aromatic rings. The second kappa shape index (κ2) is 7.90. The van der Waals surface area contributed by atoms with Crippen LogP contribution in [0, 0.1) is 17.7 Å². The second-order valence-corrected chi connectivity index (χ2v) is 8.36. The summed E-state index contributed by atoms with van der Waals surface area (Å²) in [7, 11) is 0. The van der Waals surface area contributed by atoms with E-state index in [4.69, 9.17) is 0 Å². The molecule has 0 saturated carbocycles. The zero-order valence-corrected chi connectivity index (χ0v) is 17.2. The van der Waals surface area contributed by atoms with Crippen LogP contribution in [-0.2, 0) is 6.18 Å². The van der Waals surface area contributed by atoms with E-state index >= 15 is 0 Å². The average Bonchev–Trinajstić information content (AvgIpc) is 3.01. The molecule has 0 spiro atoms. The molecular weight excluding hydrogens is 410 g/mol. The maximum absolute atomic E-state index is 14.2. The van der Waals surface area contributed by atoms with E-state index in [0.29, 0.717) is 30.4 Å². The topological polar surface area (TPSA) is 51.6 Å². The van der Waals surface area contributed by atoms with Gasteiger partial charge in [-0.3, -0.25) is 4.99 Å². The number of hydrogen-bond donors (Lipinski definition) is 2. The number of piperidine rings is 1. The first kappa shape index (κ1) is 21.2. The lowest BCUT2D eigenvalue weighted by Crippen LogP contribution is -2.39. The number of anilines is 1. The fraction of sp³-hybridized carbons (Fsp3) is 0.348. The lowest BCUT2D eigenvalue weighted by molar-refractivity contribution is -0.137. The number of aromatic nitrogens is 1. The van der Waals surface area contributed by atoms with Gasteiger partial charge >= 0.3 is 6.18 Å². The third-order valence-corrected chi connectivity index (χ3v) is 5.63. The minimum Gasteiger partial charge on any atom is -0.494 e. The summed E-state index contributed by atoms with van der Waals surface area (Å²) in [6, 6.07) is 8.27. The number of alkyl halides is 3. The standard InChI is InChI=1S/C23H23F4N3O/c1-13-8-14(2)12-30(11-13)20-7-6-15(9-17(20)23(25,26)27)28-10-16-21-18(24)4-3-5-19(21)29-22(16)31/h3-7,9-10,13-14,29,31H,8,11-12H2,1-2H3. The molecular formula is C23H23F4N3O. The van der Waals surface area contributed by atoms with Crippen LogP contribution in [0.25, 0.3) is 10.9 Å². The van der Waals surface area contributed by atoms with Crippen LogP contribution >= 0.6 is 0 Å². The molecule has 0 radical (unpaired) electrons.